The van der Waals surface area contributed by atoms with Gasteiger partial charge in [-0.3, -0.25) is 14.9 Å². The normalized spacial score (nSPS) is 9.62. The average Bonchev–Trinajstić information content (AvgIpc) is 2.03. The van der Waals surface area contributed by atoms with E-state index in [2.05, 4.69) is 12.6 Å². The number of nitrogens with two attached hydrogens (primary N) is 1. The van der Waals surface area contributed by atoms with Crippen molar-refractivity contribution in [1.82, 2.24) is 0 Å². The van der Waals surface area contributed by atoms with Crippen LogP contribution in [0.15, 0.2) is 23.1 Å². The molecule has 0 saturated carbocycles. The third-order valence-corrected chi connectivity index (χ3v) is 1.83. The van der Waals surface area contributed by atoms with E-state index >= 15 is 0 Å². The summed E-state index contributed by atoms with van der Waals surface area (Å²) in [7, 11) is 0. The number of benzene rings is 1. The van der Waals surface area contributed by atoms with Gasteiger partial charge in [-0.25, -0.2) is 0 Å². The number of nitro groups is 1. The van der Waals surface area contributed by atoms with Crippen molar-refractivity contribution in [2.45, 2.75) is 4.90 Å². The third kappa shape index (κ3) is 1.97. The van der Waals surface area contributed by atoms with E-state index in [4.69, 9.17) is 5.73 Å². The highest BCUT2D eigenvalue weighted by Crippen LogP contribution is 2.20. The van der Waals surface area contributed by atoms with E-state index in [-0.39, 0.29) is 16.1 Å². The van der Waals surface area contributed by atoms with Gasteiger partial charge in [0.25, 0.3) is 5.69 Å². The second-order valence-corrected chi connectivity index (χ2v) is 2.80. The van der Waals surface area contributed by atoms with Crippen LogP contribution in [0, 0.1) is 10.1 Å². The summed E-state index contributed by atoms with van der Waals surface area (Å²) in [4.78, 5) is 20.6. The van der Waals surface area contributed by atoms with Gasteiger partial charge in [-0.1, -0.05) is 0 Å². The Morgan fingerprint density at radius 1 is 1.54 bits per heavy atom. The van der Waals surface area contributed by atoms with Gasteiger partial charge in [0.2, 0.25) is 5.91 Å². The van der Waals surface area contributed by atoms with Gasteiger partial charge in [0, 0.05) is 17.0 Å². The minimum Gasteiger partial charge on any atom is -0.366 e. The van der Waals surface area contributed by atoms with Gasteiger partial charge in [-0.2, -0.15) is 0 Å². The molecule has 1 aromatic rings. The maximum atomic E-state index is 10.7. The molecule has 0 aliphatic carbocycles. The summed E-state index contributed by atoms with van der Waals surface area (Å²) < 4.78 is 0. The smallest absolute Gasteiger partial charge is 0.270 e. The van der Waals surface area contributed by atoms with Crippen molar-refractivity contribution in [1.29, 1.82) is 0 Å². The summed E-state index contributed by atoms with van der Waals surface area (Å²) in [6, 6.07) is 3.67. The summed E-state index contributed by atoms with van der Waals surface area (Å²) in [5.41, 5.74) is 5.04. The van der Waals surface area contributed by atoms with Gasteiger partial charge in [-0.05, 0) is 6.07 Å². The fraction of sp³-hybridized carbons (Fsp3) is 0. The fourth-order valence-electron chi connectivity index (χ4n) is 0.842. The quantitative estimate of drug-likeness (QED) is 0.422. The van der Waals surface area contributed by atoms with Gasteiger partial charge in [0.15, 0.2) is 0 Å². The van der Waals surface area contributed by atoms with Crippen LogP contribution in [-0.2, 0) is 0 Å². The molecule has 6 heteroatoms. The third-order valence-electron chi connectivity index (χ3n) is 1.46. The van der Waals surface area contributed by atoms with E-state index in [9.17, 15) is 14.9 Å². The van der Waals surface area contributed by atoms with E-state index in [1.807, 2.05) is 0 Å². The summed E-state index contributed by atoms with van der Waals surface area (Å²) in [5.74, 6) is -0.653. The highest BCUT2D eigenvalue weighted by Gasteiger charge is 2.11. The van der Waals surface area contributed by atoms with Crippen LogP contribution in [-0.4, -0.2) is 10.8 Å². The summed E-state index contributed by atoms with van der Waals surface area (Å²) >= 11 is 3.90. The Hall–Kier alpha value is -1.56. The summed E-state index contributed by atoms with van der Waals surface area (Å²) in [5, 5.41) is 10.3. The molecule has 0 fully saturated rings. The molecule has 0 bridgehead atoms. The van der Waals surface area contributed by atoms with Gasteiger partial charge < -0.3 is 5.73 Å². The van der Waals surface area contributed by atoms with Gasteiger partial charge >= 0.3 is 0 Å². The average molecular weight is 198 g/mol. The maximum Gasteiger partial charge on any atom is 0.270 e. The number of hydrogen-bond acceptors (Lipinski definition) is 4. The molecule has 68 valence electrons. The number of rotatable bonds is 2. The molecule has 0 saturated heterocycles. The summed E-state index contributed by atoms with van der Waals surface area (Å²) in [6.45, 7) is 0. The first kappa shape index (κ1) is 9.53. The Labute approximate surface area is 79.1 Å². The number of nitrogens with zero attached hydrogens (tertiary/aromatic N) is 1. The van der Waals surface area contributed by atoms with Crippen LogP contribution in [0.5, 0.6) is 0 Å². The first-order valence-corrected chi connectivity index (χ1v) is 3.74. The van der Waals surface area contributed by atoms with E-state index in [1.54, 1.807) is 0 Å². The number of hydrogen-bond donors (Lipinski definition) is 2. The molecule has 0 aromatic heterocycles. The first-order chi connectivity index (χ1) is 6.02. The van der Waals surface area contributed by atoms with Crippen molar-refractivity contribution in [2.24, 2.45) is 5.73 Å². The van der Waals surface area contributed by atoms with Crippen LogP contribution in [0.1, 0.15) is 10.4 Å². The second-order valence-electron chi connectivity index (χ2n) is 2.32. The monoisotopic (exact) mass is 198 g/mol. The molecule has 1 rings (SSSR count). The van der Waals surface area contributed by atoms with E-state index < -0.39 is 10.8 Å². The summed E-state index contributed by atoms with van der Waals surface area (Å²) in [6.07, 6.45) is 0. The van der Waals surface area contributed by atoms with Crippen molar-refractivity contribution in [2.75, 3.05) is 0 Å². The molecule has 1 aromatic carbocycles. The van der Waals surface area contributed by atoms with Crippen LogP contribution in [0.25, 0.3) is 0 Å². The van der Waals surface area contributed by atoms with Gasteiger partial charge in [-0.15, -0.1) is 12.6 Å². The van der Waals surface area contributed by atoms with E-state index in [0.717, 1.165) is 0 Å². The Morgan fingerprint density at radius 2 is 2.15 bits per heavy atom. The Bertz CT molecular complexity index is 378. The molecular weight excluding hydrogens is 192 g/mol. The lowest BCUT2D eigenvalue weighted by molar-refractivity contribution is -0.385. The van der Waals surface area contributed by atoms with Crippen molar-refractivity contribution in [3.63, 3.8) is 0 Å². The van der Waals surface area contributed by atoms with E-state index in [0.29, 0.717) is 0 Å². The molecule has 5 nitrogen and oxygen atoms in total. The minimum atomic E-state index is -0.653. The largest absolute Gasteiger partial charge is 0.366 e. The number of carbonyl (C=O) groups excluding carboxylic acids is 1. The Morgan fingerprint density at radius 3 is 2.54 bits per heavy atom. The number of nitro benzene ring substituents is 1. The van der Waals surface area contributed by atoms with Crippen LogP contribution in [0.4, 0.5) is 5.69 Å². The minimum absolute atomic E-state index is 0.116. The predicted octanol–water partition coefficient (Wildman–Crippen LogP) is 0.982. The van der Waals surface area contributed by atoms with Gasteiger partial charge in [0.1, 0.15) is 0 Å². The second kappa shape index (κ2) is 3.44. The lowest BCUT2D eigenvalue weighted by atomic mass is 10.2. The SMILES string of the molecule is NC(=O)c1ccc([N+](=O)[O-])cc1S. The molecule has 0 unspecified atom stereocenters. The van der Waals surface area contributed by atoms with Crippen molar-refractivity contribution in [3.05, 3.63) is 33.9 Å². The number of amides is 1. The lowest BCUT2D eigenvalue weighted by Crippen LogP contribution is -2.11. The lowest BCUT2D eigenvalue weighted by Gasteiger charge is -1.98. The Kier molecular flexibility index (Phi) is 2.52. The number of primary amides is 1. The molecule has 0 aliphatic rings. The first-order valence-electron chi connectivity index (χ1n) is 3.29. The molecule has 0 radical (unpaired) electrons. The Balaban J connectivity index is 3.20. The van der Waals surface area contributed by atoms with Crippen LogP contribution in [0.2, 0.25) is 0 Å². The highest BCUT2D eigenvalue weighted by molar-refractivity contribution is 7.80. The van der Waals surface area contributed by atoms with Crippen molar-refractivity contribution in [3.8, 4) is 0 Å². The zero-order chi connectivity index (χ0) is 10.0. The van der Waals surface area contributed by atoms with Crippen molar-refractivity contribution < 1.29 is 9.72 Å². The molecule has 0 atom stereocenters. The van der Waals surface area contributed by atoms with Crippen LogP contribution < -0.4 is 5.73 Å². The van der Waals surface area contributed by atoms with Gasteiger partial charge in [0.05, 0.1) is 10.5 Å². The topological polar surface area (TPSA) is 86.2 Å². The van der Waals surface area contributed by atoms with Crippen molar-refractivity contribution >= 4 is 24.2 Å². The molecule has 13 heavy (non-hydrogen) atoms. The predicted molar refractivity (Wildman–Crippen MR) is 48.9 cm³/mol. The van der Waals surface area contributed by atoms with E-state index in [1.165, 1.54) is 18.2 Å². The zero-order valence-corrected chi connectivity index (χ0v) is 7.32. The molecule has 0 spiro atoms. The fourth-order valence-corrected chi connectivity index (χ4v) is 1.16. The standard InChI is InChI=1S/C7H6N2O3S/c8-7(10)5-2-1-4(9(11)12)3-6(5)13/h1-3,13H,(H2,8,10). The number of thiol groups is 1. The molecule has 1 amide bonds. The maximum absolute atomic E-state index is 10.7. The number of carbonyl (C=O) groups is 1. The van der Waals surface area contributed by atoms with Crippen LogP contribution in [0.3, 0.4) is 0 Å². The molecular formula is C7H6N2O3S. The molecule has 0 aliphatic heterocycles. The highest BCUT2D eigenvalue weighted by atomic mass is 32.1. The van der Waals surface area contributed by atoms with Crippen LogP contribution >= 0.6 is 12.6 Å². The zero-order valence-electron chi connectivity index (χ0n) is 6.43. The molecule has 0 heterocycles. The number of non-ortho nitro benzene ring substituents is 1. The molecule has 2 N–H and O–H groups in total.